The first kappa shape index (κ1) is 17.2. The number of hydrogen-bond donors (Lipinski definition) is 1. The van der Waals surface area contributed by atoms with Gasteiger partial charge in [0, 0.05) is 31.8 Å². The van der Waals surface area contributed by atoms with E-state index in [1.165, 1.54) is 6.07 Å². The van der Waals surface area contributed by atoms with Crippen molar-refractivity contribution in [1.82, 2.24) is 10.2 Å². The highest BCUT2D eigenvalue weighted by molar-refractivity contribution is 5.68. The topological polar surface area (TPSA) is 84.7 Å². The summed E-state index contributed by atoms with van der Waals surface area (Å²) in [4.78, 5) is 24.5. The van der Waals surface area contributed by atoms with E-state index < -0.39 is 10.5 Å². The van der Waals surface area contributed by atoms with Crippen molar-refractivity contribution in [3.8, 4) is 0 Å². The largest absolute Gasteiger partial charge is 0.444 e. The van der Waals surface area contributed by atoms with Gasteiger partial charge in [-0.3, -0.25) is 10.1 Å². The third-order valence-electron chi connectivity index (χ3n) is 3.57. The van der Waals surface area contributed by atoms with Gasteiger partial charge in [0.25, 0.3) is 5.69 Å². The molecule has 0 radical (unpaired) electrons. The van der Waals surface area contributed by atoms with Crippen LogP contribution in [-0.2, 0) is 11.2 Å². The molecule has 1 N–H and O–H groups in total. The van der Waals surface area contributed by atoms with Gasteiger partial charge in [-0.25, -0.2) is 4.79 Å². The van der Waals surface area contributed by atoms with Gasteiger partial charge >= 0.3 is 6.09 Å². The Labute approximate surface area is 135 Å². The second-order valence-electron chi connectivity index (χ2n) is 6.66. The van der Waals surface area contributed by atoms with E-state index in [1.807, 2.05) is 26.8 Å². The minimum absolute atomic E-state index is 0.0649. The number of non-ortho nitro benzene ring substituents is 1. The number of hydrogen-bond acceptors (Lipinski definition) is 5. The van der Waals surface area contributed by atoms with Gasteiger partial charge in [0.05, 0.1) is 11.0 Å². The molecule has 1 aromatic rings. The second-order valence-corrected chi connectivity index (χ2v) is 6.66. The van der Waals surface area contributed by atoms with E-state index in [9.17, 15) is 14.9 Å². The molecule has 1 fully saturated rings. The zero-order chi connectivity index (χ0) is 17.0. The lowest BCUT2D eigenvalue weighted by molar-refractivity contribution is -0.384. The molecule has 1 aromatic carbocycles. The van der Waals surface area contributed by atoms with E-state index in [0.717, 1.165) is 5.56 Å². The minimum Gasteiger partial charge on any atom is -0.444 e. The van der Waals surface area contributed by atoms with Crippen molar-refractivity contribution in [2.24, 2.45) is 0 Å². The number of nitrogens with zero attached hydrogens (tertiary/aromatic N) is 2. The molecule has 0 aliphatic carbocycles. The average molecular weight is 321 g/mol. The van der Waals surface area contributed by atoms with E-state index in [1.54, 1.807) is 17.0 Å². The maximum absolute atomic E-state index is 12.4. The molecule has 23 heavy (non-hydrogen) atoms. The minimum atomic E-state index is -0.544. The number of nitrogens with one attached hydrogen (secondary N) is 1. The molecule has 0 saturated carbocycles. The fourth-order valence-electron chi connectivity index (χ4n) is 2.57. The highest BCUT2D eigenvalue weighted by Crippen LogP contribution is 2.19. The molecule has 1 aliphatic heterocycles. The van der Waals surface area contributed by atoms with E-state index in [-0.39, 0.29) is 17.8 Å². The Bertz CT molecular complexity index is 583. The monoisotopic (exact) mass is 321 g/mol. The molecule has 1 saturated heterocycles. The van der Waals surface area contributed by atoms with Crippen molar-refractivity contribution in [1.29, 1.82) is 0 Å². The first-order valence-electron chi connectivity index (χ1n) is 7.70. The molecule has 0 aromatic heterocycles. The van der Waals surface area contributed by atoms with Crippen molar-refractivity contribution in [3.05, 3.63) is 39.9 Å². The van der Waals surface area contributed by atoms with Crippen molar-refractivity contribution in [2.45, 2.75) is 38.8 Å². The third-order valence-corrected chi connectivity index (χ3v) is 3.57. The summed E-state index contributed by atoms with van der Waals surface area (Å²) in [5, 5.41) is 14.1. The van der Waals surface area contributed by atoms with E-state index in [0.29, 0.717) is 26.1 Å². The molecule has 0 unspecified atom stereocenters. The molecule has 126 valence electrons. The zero-order valence-corrected chi connectivity index (χ0v) is 13.7. The molecule has 0 bridgehead atoms. The Balaban J connectivity index is 2.11. The molecule has 0 spiro atoms. The predicted molar refractivity (Wildman–Crippen MR) is 86.4 cm³/mol. The first-order valence-corrected chi connectivity index (χ1v) is 7.70. The van der Waals surface area contributed by atoms with Crippen LogP contribution in [0.25, 0.3) is 0 Å². The van der Waals surface area contributed by atoms with E-state index >= 15 is 0 Å². The Hall–Kier alpha value is -2.15. The summed E-state index contributed by atoms with van der Waals surface area (Å²) in [5.41, 5.74) is 0.356. The average Bonchev–Trinajstić information content (AvgIpc) is 2.46. The summed E-state index contributed by atoms with van der Waals surface area (Å²) < 4.78 is 5.46. The van der Waals surface area contributed by atoms with Crippen molar-refractivity contribution >= 4 is 11.8 Å². The maximum atomic E-state index is 12.4. The van der Waals surface area contributed by atoms with Gasteiger partial charge in [-0.2, -0.15) is 0 Å². The third kappa shape index (κ3) is 4.92. The Kier molecular flexibility index (Phi) is 5.20. The highest BCUT2D eigenvalue weighted by atomic mass is 16.6. The maximum Gasteiger partial charge on any atom is 0.410 e. The molecule has 1 aliphatic rings. The molecule has 1 heterocycles. The molecule has 7 heteroatoms. The van der Waals surface area contributed by atoms with Gasteiger partial charge in [0.1, 0.15) is 5.60 Å². The molecule has 1 atom stereocenters. The van der Waals surface area contributed by atoms with Crippen molar-refractivity contribution in [3.63, 3.8) is 0 Å². The van der Waals surface area contributed by atoms with Crippen LogP contribution in [0.4, 0.5) is 10.5 Å². The second kappa shape index (κ2) is 6.95. The normalized spacial score (nSPS) is 18.6. The van der Waals surface area contributed by atoms with Crippen LogP contribution in [0.15, 0.2) is 24.3 Å². The summed E-state index contributed by atoms with van der Waals surface area (Å²) >= 11 is 0. The van der Waals surface area contributed by atoms with Crippen LogP contribution >= 0.6 is 0 Å². The number of carbonyl (C=O) groups excluding carboxylic acids is 1. The van der Waals surface area contributed by atoms with Crippen molar-refractivity contribution < 1.29 is 14.5 Å². The smallest absolute Gasteiger partial charge is 0.410 e. The summed E-state index contributed by atoms with van der Waals surface area (Å²) in [6.07, 6.45) is 0.211. The van der Waals surface area contributed by atoms with Gasteiger partial charge in [0.15, 0.2) is 0 Å². The predicted octanol–water partition coefficient (Wildman–Crippen LogP) is 2.35. The standard InChI is InChI=1S/C16H23N3O4/c1-16(2,3)23-15(20)18-8-7-17-11-14(18)10-12-5-4-6-13(9-12)19(21)22/h4-6,9,14,17H,7-8,10-11H2,1-3H3/t14-/m1/s1. The number of carbonyl (C=O) groups is 1. The van der Waals surface area contributed by atoms with Crippen LogP contribution < -0.4 is 5.32 Å². The summed E-state index contributed by atoms with van der Waals surface area (Å²) in [6.45, 7) is 7.43. The summed E-state index contributed by atoms with van der Waals surface area (Å²) in [6, 6.07) is 6.45. The molecule has 7 nitrogen and oxygen atoms in total. The number of nitro benzene ring substituents is 1. The van der Waals surface area contributed by atoms with Gasteiger partial charge in [-0.1, -0.05) is 12.1 Å². The molecular weight excluding hydrogens is 298 g/mol. The Morgan fingerprint density at radius 2 is 2.22 bits per heavy atom. The quantitative estimate of drug-likeness (QED) is 0.682. The lowest BCUT2D eigenvalue weighted by Crippen LogP contribution is -2.55. The SMILES string of the molecule is CC(C)(C)OC(=O)N1CCNC[C@H]1Cc1cccc([N+](=O)[O-])c1. The van der Waals surface area contributed by atoms with Crippen LogP contribution in [0.2, 0.25) is 0 Å². The molecule has 2 rings (SSSR count). The highest BCUT2D eigenvalue weighted by Gasteiger charge is 2.30. The van der Waals surface area contributed by atoms with Gasteiger partial charge in [0.2, 0.25) is 0 Å². The number of amides is 1. The Morgan fingerprint density at radius 1 is 1.48 bits per heavy atom. The number of piperazine rings is 1. The van der Waals surface area contributed by atoms with Crippen LogP contribution in [0.1, 0.15) is 26.3 Å². The van der Waals surface area contributed by atoms with Gasteiger partial charge in [-0.05, 0) is 32.8 Å². The fourth-order valence-corrected chi connectivity index (χ4v) is 2.57. The molecule has 1 amide bonds. The first-order chi connectivity index (χ1) is 10.8. The van der Waals surface area contributed by atoms with Crippen LogP contribution in [0, 0.1) is 10.1 Å². The lowest BCUT2D eigenvalue weighted by Gasteiger charge is -2.37. The number of nitro groups is 1. The van der Waals surface area contributed by atoms with E-state index in [2.05, 4.69) is 5.32 Å². The molecular formula is C16H23N3O4. The lowest BCUT2D eigenvalue weighted by atomic mass is 10.0. The summed E-state index contributed by atoms with van der Waals surface area (Å²) in [7, 11) is 0. The van der Waals surface area contributed by atoms with E-state index in [4.69, 9.17) is 4.74 Å². The van der Waals surface area contributed by atoms with Crippen LogP contribution in [0.3, 0.4) is 0 Å². The number of ether oxygens (including phenoxy) is 1. The van der Waals surface area contributed by atoms with Gasteiger partial charge in [-0.15, -0.1) is 0 Å². The van der Waals surface area contributed by atoms with Gasteiger partial charge < -0.3 is 15.0 Å². The number of rotatable bonds is 3. The Morgan fingerprint density at radius 3 is 2.87 bits per heavy atom. The fraction of sp³-hybridized carbons (Fsp3) is 0.562. The number of benzene rings is 1. The van der Waals surface area contributed by atoms with Crippen LogP contribution in [0.5, 0.6) is 0 Å². The van der Waals surface area contributed by atoms with Crippen LogP contribution in [-0.4, -0.2) is 47.2 Å². The zero-order valence-electron chi connectivity index (χ0n) is 13.7. The summed E-state index contributed by atoms with van der Waals surface area (Å²) in [5.74, 6) is 0. The van der Waals surface area contributed by atoms with Crippen molar-refractivity contribution in [2.75, 3.05) is 19.6 Å².